The highest BCUT2D eigenvalue weighted by Gasteiger charge is 2.14. The van der Waals surface area contributed by atoms with E-state index in [0.29, 0.717) is 5.75 Å². The number of ether oxygens (including phenoxy) is 2. The largest absolute Gasteiger partial charge is 0.497 e. The van der Waals surface area contributed by atoms with Crippen LogP contribution in [0.3, 0.4) is 0 Å². The number of halogens is 1. The third-order valence-corrected chi connectivity index (χ3v) is 2.68. The Labute approximate surface area is 103 Å². The van der Waals surface area contributed by atoms with E-state index in [-0.39, 0.29) is 5.91 Å². The number of carbonyl (C=O) groups excluding carboxylic acids is 1. The van der Waals surface area contributed by atoms with Gasteiger partial charge in [0.1, 0.15) is 11.5 Å². The topological polar surface area (TPSA) is 47.6 Å². The normalized spacial score (nSPS) is 11.8. The van der Waals surface area contributed by atoms with E-state index in [1.165, 1.54) is 0 Å². The molecular formula is C11H14BrNO3. The van der Waals surface area contributed by atoms with Gasteiger partial charge >= 0.3 is 0 Å². The molecule has 0 spiro atoms. The molecule has 0 aliphatic rings. The second-order valence-corrected chi connectivity index (χ2v) is 4.03. The average Bonchev–Trinajstić information content (AvgIpc) is 2.30. The van der Waals surface area contributed by atoms with Gasteiger partial charge in [0.15, 0.2) is 6.10 Å². The first-order chi connectivity index (χ1) is 7.58. The van der Waals surface area contributed by atoms with Crippen LogP contribution in [0.1, 0.15) is 6.92 Å². The van der Waals surface area contributed by atoms with Gasteiger partial charge in [-0.3, -0.25) is 4.79 Å². The SMILES string of the molecule is CNC(=O)C(C)Oc1ccc(OC)cc1Br. The number of benzene rings is 1. The Morgan fingerprint density at radius 3 is 2.69 bits per heavy atom. The van der Waals surface area contributed by atoms with Crippen molar-refractivity contribution in [2.75, 3.05) is 14.2 Å². The molecule has 1 atom stereocenters. The van der Waals surface area contributed by atoms with E-state index in [9.17, 15) is 4.79 Å². The van der Waals surface area contributed by atoms with Crippen LogP contribution in [-0.2, 0) is 4.79 Å². The number of carbonyl (C=O) groups is 1. The van der Waals surface area contributed by atoms with Gasteiger partial charge in [0, 0.05) is 7.05 Å². The molecule has 0 heterocycles. The Bertz CT molecular complexity index is 381. The maximum absolute atomic E-state index is 11.3. The van der Waals surface area contributed by atoms with Crippen molar-refractivity contribution in [3.8, 4) is 11.5 Å². The molecule has 0 radical (unpaired) electrons. The smallest absolute Gasteiger partial charge is 0.260 e. The maximum atomic E-state index is 11.3. The summed E-state index contributed by atoms with van der Waals surface area (Å²) >= 11 is 3.35. The molecule has 0 aromatic heterocycles. The van der Waals surface area contributed by atoms with Crippen molar-refractivity contribution in [1.82, 2.24) is 5.32 Å². The number of hydrogen-bond acceptors (Lipinski definition) is 3. The van der Waals surface area contributed by atoms with Gasteiger partial charge in [0.25, 0.3) is 5.91 Å². The zero-order valence-corrected chi connectivity index (χ0v) is 11.0. The van der Waals surface area contributed by atoms with E-state index < -0.39 is 6.10 Å². The van der Waals surface area contributed by atoms with Crippen molar-refractivity contribution in [1.29, 1.82) is 0 Å². The van der Waals surface area contributed by atoms with E-state index in [4.69, 9.17) is 9.47 Å². The number of rotatable bonds is 4. The molecule has 1 aromatic carbocycles. The fourth-order valence-corrected chi connectivity index (χ4v) is 1.60. The summed E-state index contributed by atoms with van der Waals surface area (Å²) in [6.45, 7) is 1.69. The zero-order valence-electron chi connectivity index (χ0n) is 9.41. The summed E-state index contributed by atoms with van der Waals surface area (Å²) in [5.41, 5.74) is 0. The molecule has 0 saturated heterocycles. The van der Waals surface area contributed by atoms with E-state index in [0.717, 1.165) is 10.2 Å². The van der Waals surface area contributed by atoms with E-state index in [2.05, 4.69) is 21.2 Å². The van der Waals surface area contributed by atoms with Crippen LogP contribution in [0.5, 0.6) is 11.5 Å². The Morgan fingerprint density at radius 1 is 1.50 bits per heavy atom. The number of nitrogens with one attached hydrogen (secondary N) is 1. The van der Waals surface area contributed by atoms with Gasteiger partial charge < -0.3 is 14.8 Å². The Morgan fingerprint density at radius 2 is 2.19 bits per heavy atom. The Hall–Kier alpha value is -1.23. The van der Waals surface area contributed by atoms with Gasteiger partial charge in [-0.2, -0.15) is 0 Å². The second kappa shape index (κ2) is 5.75. The molecule has 0 fully saturated rings. The lowest BCUT2D eigenvalue weighted by molar-refractivity contribution is -0.126. The first-order valence-corrected chi connectivity index (χ1v) is 5.59. The Kier molecular flexibility index (Phi) is 4.61. The summed E-state index contributed by atoms with van der Waals surface area (Å²) in [4.78, 5) is 11.3. The fourth-order valence-electron chi connectivity index (χ4n) is 1.15. The first kappa shape index (κ1) is 12.8. The summed E-state index contributed by atoms with van der Waals surface area (Å²) in [5.74, 6) is 1.17. The molecule has 1 unspecified atom stereocenters. The molecule has 1 aromatic rings. The quantitative estimate of drug-likeness (QED) is 0.921. The van der Waals surface area contributed by atoms with Gasteiger partial charge in [-0.1, -0.05) is 0 Å². The molecule has 4 nitrogen and oxygen atoms in total. The van der Waals surface area contributed by atoms with Crippen LogP contribution >= 0.6 is 15.9 Å². The molecule has 0 saturated carbocycles. The third-order valence-electron chi connectivity index (χ3n) is 2.06. The molecule has 1 N–H and O–H groups in total. The lowest BCUT2D eigenvalue weighted by atomic mass is 10.3. The average molecular weight is 288 g/mol. The molecule has 1 amide bonds. The lowest BCUT2D eigenvalue weighted by Crippen LogP contribution is -2.33. The predicted octanol–water partition coefficient (Wildman–Crippen LogP) is 1.97. The predicted molar refractivity (Wildman–Crippen MR) is 64.9 cm³/mol. The highest BCUT2D eigenvalue weighted by molar-refractivity contribution is 9.10. The molecule has 0 aliphatic carbocycles. The van der Waals surface area contributed by atoms with E-state index >= 15 is 0 Å². The second-order valence-electron chi connectivity index (χ2n) is 3.17. The number of methoxy groups -OCH3 is 1. The summed E-state index contributed by atoms with van der Waals surface area (Å²) in [7, 11) is 3.17. The molecule has 88 valence electrons. The minimum atomic E-state index is -0.533. The van der Waals surface area contributed by atoms with Crippen molar-refractivity contribution in [3.05, 3.63) is 22.7 Å². The molecule has 16 heavy (non-hydrogen) atoms. The van der Waals surface area contributed by atoms with Crippen LogP contribution in [0.15, 0.2) is 22.7 Å². The lowest BCUT2D eigenvalue weighted by Gasteiger charge is -2.14. The van der Waals surface area contributed by atoms with E-state index in [1.54, 1.807) is 39.3 Å². The maximum Gasteiger partial charge on any atom is 0.260 e. The molecule has 5 heteroatoms. The minimum Gasteiger partial charge on any atom is -0.497 e. The van der Waals surface area contributed by atoms with Crippen LogP contribution < -0.4 is 14.8 Å². The highest BCUT2D eigenvalue weighted by Crippen LogP contribution is 2.29. The number of amides is 1. The van der Waals surface area contributed by atoms with Crippen LogP contribution in [0.25, 0.3) is 0 Å². The standard InChI is InChI=1S/C11H14BrNO3/c1-7(11(14)13-2)16-10-5-4-8(15-3)6-9(10)12/h4-7H,1-3H3,(H,13,14). The van der Waals surface area contributed by atoms with Crippen molar-refractivity contribution >= 4 is 21.8 Å². The summed E-state index contributed by atoms with van der Waals surface area (Å²) < 4.78 is 11.3. The van der Waals surface area contributed by atoms with Gasteiger partial charge in [-0.05, 0) is 41.1 Å². The molecule has 0 aliphatic heterocycles. The first-order valence-electron chi connectivity index (χ1n) is 4.80. The van der Waals surface area contributed by atoms with Crippen molar-refractivity contribution < 1.29 is 14.3 Å². The van der Waals surface area contributed by atoms with Gasteiger partial charge in [0.2, 0.25) is 0 Å². The van der Waals surface area contributed by atoms with Gasteiger partial charge in [-0.15, -0.1) is 0 Å². The molecule has 0 bridgehead atoms. The molecule has 1 rings (SSSR count). The van der Waals surface area contributed by atoms with Crippen LogP contribution in [0.2, 0.25) is 0 Å². The van der Waals surface area contributed by atoms with E-state index in [1.807, 2.05) is 0 Å². The fraction of sp³-hybridized carbons (Fsp3) is 0.364. The van der Waals surface area contributed by atoms with Crippen LogP contribution in [0.4, 0.5) is 0 Å². The van der Waals surface area contributed by atoms with Crippen molar-refractivity contribution in [3.63, 3.8) is 0 Å². The summed E-state index contributed by atoms with van der Waals surface area (Å²) in [6, 6.07) is 5.31. The van der Waals surface area contributed by atoms with Crippen molar-refractivity contribution in [2.24, 2.45) is 0 Å². The third kappa shape index (κ3) is 3.13. The van der Waals surface area contributed by atoms with Gasteiger partial charge in [0.05, 0.1) is 11.6 Å². The molecular weight excluding hydrogens is 274 g/mol. The highest BCUT2D eigenvalue weighted by atomic mass is 79.9. The van der Waals surface area contributed by atoms with Crippen LogP contribution in [0, 0.1) is 0 Å². The monoisotopic (exact) mass is 287 g/mol. The summed E-state index contributed by atoms with van der Waals surface area (Å²) in [6.07, 6.45) is -0.533. The van der Waals surface area contributed by atoms with Crippen molar-refractivity contribution in [2.45, 2.75) is 13.0 Å². The van der Waals surface area contributed by atoms with Crippen LogP contribution in [-0.4, -0.2) is 26.2 Å². The van der Waals surface area contributed by atoms with Gasteiger partial charge in [-0.25, -0.2) is 0 Å². The number of likely N-dealkylation sites (N-methyl/N-ethyl adjacent to an activating group) is 1. The minimum absolute atomic E-state index is 0.164. The number of hydrogen-bond donors (Lipinski definition) is 1. The Balaban J connectivity index is 2.78. The zero-order chi connectivity index (χ0) is 12.1. The summed E-state index contributed by atoms with van der Waals surface area (Å²) in [5, 5.41) is 2.52.